The van der Waals surface area contributed by atoms with Gasteiger partial charge >= 0.3 is 0 Å². The first-order valence-corrected chi connectivity index (χ1v) is 5.62. The van der Waals surface area contributed by atoms with E-state index >= 15 is 0 Å². The topological polar surface area (TPSA) is 61.4 Å². The molecule has 0 fully saturated rings. The predicted molar refractivity (Wildman–Crippen MR) is 61.6 cm³/mol. The normalized spacial score (nSPS) is 15.1. The van der Waals surface area contributed by atoms with Gasteiger partial charge in [0.1, 0.15) is 0 Å². The van der Waals surface area contributed by atoms with Crippen molar-refractivity contribution in [2.24, 2.45) is 5.92 Å². The average molecular weight is 216 g/mol. The Balaban J connectivity index is 3.78. The lowest BCUT2D eigenvalue weighted by atomic mass is 10.2. The van der Waals surface area contributed by atoms with E-state index in [1.807, 2.05) is 13.8 Å². The van der Waals surface area contributed by atoms with Crippen LogP contribution in [0, 0.1) is 5.92 Å². The van der Waals surface area contributed by atoms with Gasteiger partial charge in [-0.3, -0.25) is 4.79 Å². The Labute approximate surface area is 92.4 Å². The highest BCUT2D eigenvalue weighted by molar-refractivity contribution is 5.81. The molecule has 1 amide bonds. The molecule has 0 aliphatic heterocycles. The van der Waals surface area contributed by atoms with Gasteiger partial charge in [0, 0.05) is 19.2 Å². The largest absolute Gasteiger partial charge is 0.396 e. The monoisotopic (exact) mass is 216 g/mol. The number of carbonyl (C=O) groups is 1. The van der Waals surface area contributed by atoms with Crippen molar-refractivity contribution < 1.29 is 9.90 Å². The van der Waals surface area contributed by atoms with Gasteiger partial charge in [-0.15, -0.1) is 0 Å². The fourth-order valence-electron chi connectivity index (χ4n) is 1.24. The summed E-state index contributed by atoms with van der Waals surface area (Å²) < 4.78 is 0. The number of amides is 1. The maximum Gasteiger partial charge on any atom is 0.236 e. The van der Waals surface area contributed by atoms with Crippen LogP contribution in [0.15, 0.2) is 0 Å². The molecule has 0 aromatic carbocycles. The summed E-state index contributed by atoms with van der Waals surface area (Å²) in [6.07, 6.45) is 0.668. The Morgan fingerprint density at radius 1 is 1.27 bits per heavy atom. The lowest BCUT2D eigenvalue weighted by molar-refractivity contribution is -0.123. The van der Waals surface area contributed by atoms with Gasteiger partial charge in [0.15, 0.2) is 0 Å². The Hall–Kier alpha value is -0.610. The predicted octanol–water partition coefficient (Wildman–Crippen LogP) is 0.508. The van der Waals surface area contributed by atoms with Crippen LogP contribution in [0.2, 0.25) is 0 Å². The Bertz CT molecular complexity index is 183. The van der Waals surface area contributed by atoms with Crippen LogP contribution < -0.4 is 10.6 Å². The molecule has 0 saturated heterocycles. The summed E-state index contributed by atoms with van der Waals surface area (Å²) in [5.74, 6) is 0.490. The van der Waals surface area contributed by atoms with Gasteiger partial charge < -0.3 is 15.7 Å². The van der Waals surface area contributed by atoms with Crippen LogP contribution in [0.1, 0.15) is 34.1 Å². The van der Waals surface area contributed by atoms with Gasteiger partial charge in [0.2, 0.25) is 5.91 Å². The second kappa shape index (κ2) is 7.65. The number of rotatable bonds is 7. The summed E-state index contributed by atoms with van der Waals surface area (Å²) in [6, 6.07) is -0.0416. The molecule has 0 aromatic rings. The zero-order valence-electron chi connectivity index (χ0n) is 10.2. The molecule has 3 N–H and O–H groups in total. The van der Waals surface area contributed by atoms with Crippen molar-refractivity contribution >= 4 is 5.91 Å². The molecular weight excluding hydrogens is 192 g/mol. The van der Waals surface area contributed by atoms with Gasteiger partial charge in [-0.1, -0.05) is 13.8 Å². The summed E-state index contributed by atoms with van der Waals surface area (Å²) in [4.78, 5) is 11.6. The van der Waals surface area contributed by atoms with E-state index in [0.29, 0.717) is 18.9 Å². The Morgan fingerprint density at radius 2 is 1.87 bits per heavy atom. The third-order valence-corrected chi connectivity index (χ3v) is 2.17. The first-order valence-electron chi connectivity index (χ1n) is 5.62. The second-order valence-corrected chi connectivity index (χ2v) is 4.44. The van der Waals surface area contributed by atoms with Crippen molar-refractivity contribution in [2.75, 3.05) is 13.2 Å². The molecule has 90 valence electrons. The van der Waals surface area contributed by atoms with E-state index < -0.39 is 0 Å². The molecule has 15 heavy (non-hydrogen) atoms. The highest BCUT2D eigenvalue weighted by Gasteiger charge is 2.14. The minimum Gasteiger partial charge on any atom is -0.396 e. The van der Waals surface area contributed by atoms with Gasteiger partial charge in [0.25, 0.3) is 0 Å². The first kappa shape index (κ1) is 14.4. The van der Waals surface area contributed by atoms with E-state index in [9.17, 15) is 4.79 Å². The third kappa shape index (κ3) is 7.33. The Morgan fingerprint density at radius 3 is 2.33 bits per heavy atom. The standard InChI is InChI=1S/C11H24N2O2/c1-8(2)7-12-11(15)10(4)13-9(3)5-6-14/h8-10,13-14H,5-7H2,1-4H3,(H,12,15). The third-order valence-electron chi connectivity index (χ3n) is 2.17. The molecule has 0 spiro atoms. The van der Waals surface area contributed by atoms with E-state index in [2.05, 4.69) is 24.5 Å². The van der Waals surface area contributed by atoms with Crippen molar-refractivity contribution in [2.45, 2.75) is 46.2 Å². The number of hydrogen-bond donors (Lipinski definition) is 3. The van der Waals surface area contributed by atoms with Gasteiger partial charge in [0.05, 0.1) is 6.04 Å². The second-order valence-electron chi connectivity index (χ2n) is 4.44. The number of aliphatic hydroxyl groups is 1. The van der Waals surface area contributed by atoms with Crippen LogP contribution in [0.3, 0.4) is 0 Å². The zero-order valence-corrected chi connectivity index (χ0v) is 10.2. The van der Waals surface area contributed by atoms with E-state index in [0.717, 1.165) is 0 Å². The van der Waals surface area contributed by atoms with Crippen LogP contribution in [0.25, 0.3) is 0 Å². The average Bonchev–Trinajstić information content (AvgIpc) is 2.14. The number of hydrogen-bond acceptors (Lipinski definition) is 3. The molecule has 0 aliphatic rings. The first-order chi connectivity index (χ1) is 6.97. The molecule has 4 heteroatoms. The maximum atomic E-state index is 11.6. The smallest absolute Gasteiger partial charge is 0.236 e. The van der Waals surface area contributed by atoms with E-state index in [-0.39, 0.29) is 24.6 Å². The molecule has 4 nitrogen and oxygen atoms in total. The molecule has 0 radical (unpaired) electrons. The Kier molecular flexibility index (Phi) is 7.34. The molecule has 0 aliphatic carbocycles. The molecule has 0 heterocycles. The number of aliphatic hydroxyl groups excluding tert-OH is 1. The van der Waals surface area contributed by atoms with Crippen molar-refractivity contribution in [1.82, 2.24) is 10.6 Å². The van der Waals surface area contributed by atoms with Crippen LogP contribution >= 0.6 is 0 Å². The van der Waals surface area contributed by atoms with Gasteiger partial charge in [-0.05, 0) is 26.2 Å². The molecule has 0 saturated carbocycles. The van der Waals surface area contributed by atoms with Crippen molar-refractivity contribution in [3.05, 3.63) is 0 Å². The fraction of sp³-hybridized carbons (Fsp3) is 0.909. The van der Waals surface area contributed by atoms with Gasteiger partial charge in [-0.2, -0.15) is 0 Å². The van der Waals surface area contributed by atoms with Crippen molar-refractivity contribution in [3.63, 3.8) is 0 Å². The molecule has 0 bridgehead atoms. The molecule has 0 rings (SSSR count). The number of nitrogens with one attached hydrogen (secondary N) is 2. The SMILES string of the molecule is CC(C)CNC(=O)C(C)NC(C)CCO. The summed E-state index contributed by atoms with van der Waals surface area (Å²) in [6.45, 7) is 8.78. The molecule has 0 aromatic heterocycles. The quantitative estimate of drug-likeness (QED) is 0.581. The highest BCUT2D eigenvalue weighted by atomic mass is 16.3. The lowest BCUT2D eigenvalue weighted by Gasteiger charge is -2.19. The summed E-state index contributed by atoms with van der Waals surface area (Å²) >= 11 is 0. The minimum atomic E-state index is -0.203. The fourth-order valence-corrected chi connectivity index (χ4v) is 1.24. The van der Waals surface area contributed by atoms with Crippen molar-refractivity contribution in [3.8, 4) is 0 Å². The summed E-state index contributed by atoms with van der Waals surface area (Å²) in [7, 11) is 0. The molecule has 2 unspecified atom stereocenters. The highest BCUT2D eigenvalue weighted by Crippen LogP contribution is 1.94. The zero-order chi connectivity index (χ0) is 11.8. The minimum absolute atomic E-state index is 0.0217. The number of carbonyl (C=O) groups excluding carboxylic acids is 1. The van der Waals surface area contributed by atoms with E-state index in [1.54, 1.807) is 0 Å². The van der Waals surface area contributed by atoms with Crippen LogP contribution in [0.5, 0.6) is 0 Å². The van der Waals surface area contributed by atoms with E-state index in [4.69, 9.17) is 5.11 Å². The van der Waals surface area contributed by atoms with E-state index in [1.165, 1.54) is 0 Å². The van der Waals surface area contributed by atoms with Gasteiger partial charge in [-0.25, -0.2) is 0 Å². The van der Waals surface area contributed by atoms with Crippen LogP contribution in [-0.2, 0) is 4.79 Å². The maximum absolute atomic E-state index is 11.6. The molecular formula is C11H24N2O2. The van der Waals surface area contributed by atoms with Crippen LogP contribution in [-0.4, -0.2) is 36.2 Å². The lowest BCUT2D eigenvalue weighted by Crippen LogP contribution is -2.46. The van der Waals surface area contributed by atoms with Crippen molar-refractivity contribution in [1.29, 1.82) is 0 Å². The summed E-state index contributed by atoms with van der Waals surface area (Å²) in [5, 5.41) is 14.7. The molecule has 2 atom stereocenters. The van der Waals surface area contributed by atoms with Crippen LogP contribution in [0.4, 0.5) is 0 Å². The summed E-state index contributed by atoms with van der Waals surface area (Å²) in [5.41, 5.74) is 0.